The van der Waals surface area contributed by atoms with Crippen molar-refractivity contribution in [2.75, 3.05) is 5.32 Å². The van der Waals surface area contributed by atoms with Gasteiger partial charge in [-0.3, -0.25) is 10.1 Å². The number of carbonyl (C=O) groups excluding carboxylic acids is 2. The molecule has 0 radical (unpaired) electrons. The third-order valence-corrected chi connectivity index (χ3v) is 3.98. The summed E-state index contributed by atoms with van der Waals surface area (Å²) < 4.78 is 45.0. The zero-order valence-electron chi connectivity index (χ0n) is 18.3. The fourth-order valence-corrected chi connectivity index (χ4v) is 2.61. The van der Waals surface area contributed by atoms with Crippen LogP contribution in [0.2, 0.25) is 0 Å². The Morgan fingerprint density at radius 1 is 1.18 bits per heavy atom. The minimum Gasteiger partial charge on any atom is -0.465 e. The zero-order chi connectivity index (χ0) is 25.0. The molecular weight excluding hydrogens is 447 g/mol. The molecule has 33 heavy (non-hydrogen) atoms. The van der Waals surface area contributed by atoms with Gasteiger partial charge in [0.2, 0.25) is 5.91 Å². The summed E-state index contributed by atoms with van der Waals surface area (Å²) in [5, 5.41) is 19.2. The van der Waals surface area contributed by atoms with Crippen LogP contribution in [0.25, 0.3) is 5.69 Å². The Balaban J connectivity index is 2.12. The average Bonchev–Trinajstić information content (AvgIpc) is 3.08. The standard InChI is InChI=1S/C20H24F3N5O5/c1-11(25-18(32)33-19(2,3)4)16(29)24-10-12-6-5-7-13(8-12)28-15(26-17(30)31)9-14(27-28)20(21,22)23/h5-9,11,26H,10H2,1-4H3,(H,24,29)(H,25,32)(H,30,31)/t11-/m0/s1. The van der Waals surface area contributed by atoms with E-state index in [0.717, 1.165) is 4.68 Å². The van der Waals surface area contributed by atoms with Crippen molar-refractivity contribution in [3.05, 3.63) is 41.6 Å². The number of amides is 3. The number of anilines is 1. The molecule has 13 heteroatoms. The molecule has 10 nitrogen and oxygen atoms in total. The molecule has 0 unspecified atom stereocenters. The van der Waals surface area contributed by atoms with Crippen molar-refractivity contribution in [1.82, 2.24) is 20.4 Å². The number of benzene rings is 1. The largest absolute Gasteiger partial charge is 0.465 e. The van der Waals surface area contributed by atoms with Crippen LogP contribution < -0.4 is 16.0 Å². The van der Waals surface area contributed by atoms with Gasteiger partial charge in [0.05, 0.1) is 5.69 Å². The summed E-state index contributed by atoms with van der Waals surface area (Å²) >= 11 is 0. The smallest absolute Gasteiger partial charge is 0.435 e. The third-order valence-electron chi connectivity index (χ3n) is 3.98. The van der Waals surface area contributed by atoms with Gasteiger partial charge in [0.1, 0.15) is 17.5 Å². The molecule has 0 spiro atoms. The molecule has 1 heterocycles. The molecule has 0 fully saturated rings. The summed E-state index contributed by atoms with van der Waals surface area (Å²) in [5.41, 5.74) is -1.36. The quantitative estimate of drug-likeness (QED) is 0.509. The number of halogens is 3. The molecule has 0 saturated carbocycles. The Bertz CT molecular complexity index is 1030. The third kappa shape index (κ3) is 7.70. The molecule has 180 valence electrons. The lowest BCUT2D eigenvalue weighted by molar-refractivity contribution is -0.141. The summed E-state index contributed by atoms with van der Waals surface area (Å²) in [7, 11) is 0. The van der Waals surface area contributed by atoms with Crippen LogP contribution in [0.4, 0.5) is 28.6 Å². The molecule has 2 aromatic rings. The first-order valence-electron chi connectivity index (χ1n) is 9.69. The number of aromatic nitrogens is 2. The van der Waals surface area contributed by atoms with Crippen LogP contribution in [-0.2, 0) is 22.3 Å². The molecule has 0 aliphatic carbocycles. The number of alkyl halides is 3. The fraction of sp³-hybridized carbons (Fsp3) is 0.400. The van der Waals surface area contributed by atoms with Gasteiger partial charge in [-0.15, -0.1) is 0 Å². The van der Waals surface area contributed by atoms with Gasteiger partial charge >= 0.3 is 18.4 Å². The Morgan fingerprint density at radius 2 is 1.85 bits per heavy atom. The summed E-state index contributed by atoms with van der Waals surface area (Å²) in [5.74, 6) is -0.913. The van der Waals surface area contributed by atoms with Crippen molar-refractivity contribution in [3.63, 3.8) is 0 Å². The highest BCUT2D eigenvalue weighted by Gasteiger charge is 2.35. The molecule has 2 rings (SSSR count). The Kier molecular flexibility index (Phi) is 7.57. The van der Waals surface area contributed by atoms with E-state index in [1.807, 2.05) is 5.32 Å². The summed E-state index contributed by atoms with van der Waals surface area (Å²) in [6.45, 7) is 6.49. The van der Waals surface area contributed by atoms with Crippen molar-refractivity contribution in [2.24, 2.45) is 0 Å². The molecule has 3 amide bonds. The molecule has 0 aliphatic heterocycles. The van der Waals surface area contributed by atoms with Gasteiger partial charge < -0.3 is 20.5 Å². The van der Waals surface area contributed by atoms with Gasteiger partial charge in [-0.05, 0) is 45.4 Å². The minimum atomic E-state index is -4.77. The second-order valence-electron chi connectivity index (χ2n) is 8.01. The summed E-state index contributed by atoms with van der Waals surface area (Å²) in [4.78, 5) is 35.0. The van der Waals surface area contributed by atoms with E-state index >= 15 is 0 Å². The Hall–Kier alpha value is -3.77. The lowest BCUT2D eigenvalue weighted by Gasteiger charge is -2.21. The van der Waals surface area contributed by atoms with Gasteiger partial charge in [0.25, 0.3) is 0 Å². The predicted octanol–water partition coefficient (Wildman–Crippen LogP) is 3.51. The van der Waals surface area contributed by atoms with E-state index in [0.29, 0.717) is 11.6 Å². The Morgan fingerprint density at radius 3 is 2.42 bits per heavy atom. The van der Waals surface area contributed by atoms with Gasteiger partial charge in [-0.2, -0.15) is 18.3 Å². The van der Waals surface area contributed by atoms with Crippen LogP contribution in [-0.4, -0.2) is 44.6 Å². The monoisotopic (exact) mass is 471 g/mol. The van der Waals surface area contributed by atoms with E-state index in [-0.39, 0.29) is 12.2 Å². The molecule has 1 aromatic heterocycles. The van der Waals surface area contributed by atoms with Gasteiger partial charge in [0, 0.05) is 12.6 Å². The zero-order valence-corrected chi connectivity index (χ0v) is 18.3. The number of carboxylic acid groups (broad SMARTS) is 1. The van der Waals surface area contributed by atoms with Crippen molar-refractivity contribution in [1.29, 1.82) is 0 Å². The van der Waals surface area contributed by atoms with Crippen molar-refractivity contribution in [3.8, 4) is 5.69 Å². The first kappa shape index (κ1) is 25.5. The molecule has 0 aliphatic rings. The van der Waals surface area contributed by atoms with E-state index in [1.54, 1.807) is 26.8 Å². The van der Waals surface area contributed by atoms with Gasteiger partial charge in [-0.1, -0.05) is 12.1 Å². The number of carbonyl (C=O) groups is 3. The lowest BCUT2D eigenvalue weighted by atomic mass is 10.2. The number of nitrogens with zero attached hydrogens (tertiary/aromatic N) is 2. The van der Waals surface area contributed by atoms with E-state index in [9.17, 15) is 27.6 Å². The highest BCUT2D eigenvalue weighted by Crippen LogP contribution is 2.31. The van der Waals surface area contributed by atoms with Crippen LogP contribution in [0.5, 0.6) is 0 Å². The highest BCUT2D eigenvalue weighted by molar-refractivity contribution is 5.85. The van der Waals surface area contributed by atoms with Crippen LogP contribution in [0.15, 0.2) is 30.3 Å². The van der Waals surface area contributed by atoms with Crippen LogP contribution in [0.3, 0.4) is 0 Å². The SMILES string of the molecule is C[C@H](NC(=O)OC(C)(C)C)C(=O)NCc1cccc(-n2nc(C(F)(F)F)cc2NC(=O)O)c1. The molecular formula is C20H24F3N5O5. The van der Waals surface area contributed by atoms with Gasteiger partial charge in [0.15, 0.2) is 5.69 Å². The van der Waals surface area contributed by atoms with Crippen LogP contribution in [0, 0.1) is 0 Å². The lowest BCUT2D eigenvalue weighted by Crippen LogP contribution is -2.46. The van der Waals surface area contributed by atoms with Crippen LogP contribution in [0.1, 0.15) is 39.0 Å². The van der Waals surface area contributed by atoms with Crippen molar-refractivity contribution < 1.29 is 37.4 Å². The second kappa shape index (κ2) is 9.79. The number of hydrogen-bond acceptors (Lipinski definition) is 5. The maximum atomic E-state index is 13.0. The van der Waals surface area contributed by atoms with E-state index in [2.05, 4.69) is 15.7 Å². The minimum absolute atomic E-state index is 0.0118. The molecule has 1 aromatic carbocycles. The molecule has 0 saturated heterocycles. The first-order chi connectivity index (χ1) is 15.2. The highest BCUT2D eigenvalue weighted by atomic mass is 19.4. The predicted molar refractivity (Wildman–Crippen MR) is 111 cm³/mol. The van der Waals surface area contributed by atoms with Crippen molar-refractivity contribution >= 4 is 23.9 Å². The van der Waals surface area contributed by atoms with Crippen molar-refractivity contribution in [2.45, 2.75) is 52.1 Å². The molecule has 1 atom stereocenters. The maximum Gasteiger partial charge on any atom is 0.435 e. The van der Waals surface area contributed by atoms with E-state index < -0.39 is 47.4 Å². The number of alkyl carbamates (subject to hydrolysis) is 1. The molecule has 4 N–H and O–H groups in total. The normalized spacial score (nSPS) is 12.6. The fourth-order valence-electron chi connectivity index (χ4n) is 2.61. The van der Waals surface area contributed by atoms with E-state index in [1.165, 1.54) is 25.1 Å². The van der Waals surface area contributed by atoms with Crippen LogP contribution >= 0.6 is 0 Å². The number of rotatable bonds is 6. The number of ether oxygens (including phenoxy) is 1. The average molecular weight is 471 g/mol. The maximum absolute atomic E-state index is 13.0. The van der Waals surface area contributed by atoms with E-state index in [4.69, 9.17) is 9.84 Å². The second-order valence-corrected chi connectivity index (χ2v) is 8.01. The number of nitrogens with one attached hydrogen (secondary N) is 3. The molecule has 0 bridgehead atoms. The first-order valence-corrected chi connectivity index (χ1v) is 9.69. The number of hydrogen-bond donors (Lipinski definition) is 4. The topological polar surface area (TPSA) is 135 Å². The summed E-state index contributed by atoms with van der Waals surface area (Å²) in [6, 6.07) is 5.65. The summed E-state index contributed by atoms with van der Waals surface area (Å²) in [6.07, 6.45) is -7.09. The van der Waals surface area contributed by atoms with Gasteiger partial charge in [-0.25, -0.2) is 14.3 Å². The Labute approximate surface area is 187 Å².